The van der Waals surface area contributed by atoms with Crippen molar-refractivity contribution in [1.82, 2.24) is 4.90 Å². The predicted octanol–water partition coefficient (Wildman–Crippen LogP) is 3.69. The van der Waals surface area contributed by atoms with Gasteiger partial charge in [-0.05, 0) is 49.1 Å². The molecule has 2 amide bonds. The summed E-state index contributed by atoms with van der Waals surface area (Å²) in [4.78, 5) is 30.7. The Labute approximate surface area is 166 Å². The molecule has 2 aliphatic heterocycles. The van der Waals surface area contributed by atoms with E-state index in [2.05, 4.69) is 23.1 Å². The van der Waals surface area contributed by atoms with Crippen LogP contribution >= 0.6 is 0 Å². The Bertz CT molecular complexity index is 856. The molecule has 0 spiro atoms. The van der Waals surface area contributed by atoms with Gasteiger partial charge in [0.1, 0.15) is 0 Å². The number of hydrogen-bond acceptors (Lipinski definition) is 3. The lowest BCUT2D eigenvalue weighted by Gasteiger charge is -2.26. The third-order valence-corrected chi connectivity index (χ3v) is 5.67. The van der Waals surface area contributed by atoms with Crippen LogP contribution in [-0.4, -0.2) is 42.9 Å². The van der Waals surface area contributed by atoms with Crippen molar-refractivity contribution in [2.45, 2.75) is 32.7 Å². The maximum absolute atomic E-state index is 12.5. The van der Waals surface area contributed by atoms with Gasteiger partial charge in [0.25, 0.3) is 5.91 Å². The van der Waals surface area contributed by atoms with Crippen LogP contribution < -0.4 is 9.80 Å². The maximum Gasteiger partial charge on any atom is 0.253 e. The van der Waals surface area contributed by atoms with Crippen LogP contribution in [0.15, 0.2) is 48.5 Å². The molecule has 0 aromatic heterocycles. The number of benzene rings is 2. The fourth-order valence-corrected chi connectivity index (χ4v) is 4.19. The Morgan fingerprint density at radius 2 is 1.50 bits per heavy atom. The molecule has 0 N–H and O–H groups in total. The second-order valence-electron chi connectivity index (χ2n) is 7.63. The lowest BCUT2D eigenvalue weighted by atomic mass is 10.1. The quantitative estimate of drug-likeness (QED) is 0.819. The average Bonchev–Trinajstić information content (AvgIpc) is 3.18. The molecule has 1 saturated heterocycles. The van der Waals surface area contributed by atoms with Gasteiger partial charge >= 0.3 is 0 Å². The Morgan fingerprint density at radius 3 is 2.18 bits per heavy atom. The zero-order valence-electron chi connectivity index (χ0n) is 16.4. The number of para-hydroxylation sites is 2. The zero-order valence-corrected chi connectivity index (χ0v) is 16.4. The molecular formula is C23H27N3O2. The van der Waals surface area contributed by atoms with Gasteiger partial charge in [0.05, 0.1) is 11.4 Å². The molecular weight excluding hydrogens is 350 g/mol. The molecule has 28 heavy (non-hydrogen) atoms. The number of carbonyl (C=O) groups excluding carboxylic acids is 2. The van der Waals surface area contributed by atoms with Crippen LogP contribution in [0.1, 0.15) is 42.1 Å². The summed E-state index contributed by atoms with van der Waals surface area (Å²) >= 11 is 0. The first kappa shape index (κ1) is 18.5. The normalized spacial score (nSPS) is 16.7. The Morgan fingerprint density at radius 1 is 0.821 bits per heavy atom. The number of likely N-dealkylation sites (tertiary alicyclic amines) is 1. The summed E-state index contributed by atoms with van der Waals surface area (Å²) in [6.07, 6.45) is 3.14. The van der Waals surface area contributed by atoms with Crippen molar-refractivity contribution in [3.8, 4) is 0 Å². The molecule has 2 aliphatic rings. The van der Waals surface area contributed by atoms with Gasteiger partial charge in [0.15, 0.2) is 0 Å². The monoisotopic (exact) mass is 377 g/mol. The lowest BCUT2D eigenvalue weighted by Crippen LogP contribution is -2.28. The molecule has 5 heteroatoms. The number of carbonyl (C=O) groups is 2. The molecule has 5 nitrogen and oxygen atoms in total. The van der Waals surface area contributed by atoms with E-state index in [1.807, 2.05) is 40.1 Å². The van der Waals surface area contributed by atoms with Gasteiger partial charge in [0.2, 0.25) is 5.91 Å². The van der Waals surface area contributed by atoms with Crippen molar-refractivity contribution in [2.75, 3.05) is 36.0 Å². The van der Waals surface area contributed by atoms with E-state index in [9.17, 15) is 9.59 Å². The second-order valence-corrected chi connectivity index (χ2v) is 7.63. The van der Waals surface area contributed by atoms with Crippen LogP contribution in [0.25, 0.3) is 0 Å². The highest BCUT2D eigenvalue weighted by Crippen LogP contribution is 2.33. The minimum absolute atomic E-state index is 0.0825. The zero-order chi connectivity index (χ0) is 19.5. The van der Waals surface area contributed by atoms with Crippen LogP contribution in [0.5, 0.6) is 0 Å². The second kappa shape index (κ2) is 8.05. The molecule has 2 aromatic rings. The summed E-state index contributed by atoms with van der Waals surface area (Å²) in [6, 6.07) is 16.1. The highest BCUT2D eigenvalue weighted by atomic mass is 16.2. The van der Waals surface area contributed by atoms with E-state index < -0.39 is 0 Å². The van der Waals surface area contributed by atoms with Crippen molar-refractivity contribution < 1.29 is 9.59 Å². The topological polar surface area (TPSA) is 43.9 Å². The Kier molecular flexibility index (Phi) is 5.33. The number of rotatable bonds is 3. The summed E-state index contributed by atoms with van der Waals surface area (Å²) in [6.45, 7) is 5.78. The van der Waals surface area contributed by atoms with E-state index in [-0.39, 0.29) is 11.8 Å². The summed E-state index contributed by atoms with van der Waals surface area (Å²) in [7, 11) is 0. The van der Waals surface area contributed by atoms with Gasteiger partial charge in [0, 0.05) is 45.2 Å². The molecule has 146 valence electrons. The fourth-order valence-electron chi connectivity index (χ4n) is 4.19. The van der Waals surface area contributed by atoms with E-state index >= 15 is 0 Å². The fraction of sp³-hybridized carbons (Fsp3) is 0.391. The molecule has 4 rings (SSSR count). The van der Waals surface area contributed by atoms with Crippen LogP contribution in [0.2, 0.25) is 0 Å². The van der Waals surface area contributed by atoms with E-state index in [4.69, 9.17) is 0 Å². The van der Waals surface area contributed by atoms with E-state index in [1.54, 1.807) is 6.92 Å². The molecule has 0 aliphatic carbocycles. The third kappa shape index (κ3) is 3.75. The molecule has 0 unspecified atom stereocenters. The Balaban J connectivity index is 1.52. The van der Waals surface area contributed by atoms with E-state index in [0.717, 1.165) is 68.9 Å². The summed E-state index contributed by atoms with van der Waals surface area (Å²) < 4.78 is 0. The van der Waals surface area contributed by atoms with Crippen LogP contribution in [0, 0.1) is 0 Å². The first-order chi connectivity index (χ1) is 13.6. The number of anilines is 2. The molecule has 0 radical (unpaired) electrons. The molecule has 2 heterocycles. The average molecular weight is 377 g/mol. The predicted molar refractivity (Wildman–Crippen MR) is 112 cm³/mol. The van der Waals surface area contributed by atoms with Gasteiger partial charge in [-0.25, -0.2) is 0 Å². The standard InChI is InChI=1S/C23H27N3O2/c1-18(27)26-16-6-15-25(21-7-2-3-8-22(21)26)17-19-9-11-20(12-10-19)23(28)24-13-4-5-14-24/h2-3,7-12H,4-6,13-17H2,1H3. The first-order valence-corrected chi connectivity index (χ1v) is 10.1. The molecule has 0 bridgehead atoms. The van der Waals surface area contributed by atoms with Crippen molar-refractivity contribution in [3.63, 3.8) is 0 Å². The van der Waals surface area contributed by atoms with Gasteiger partial charge in [-0.2, -0.15) is 0 Å². The highest BCUT2D eigenvalue weighted by molar-refractivity contribution is 5.96. The van der Waals surface area contributed by atoms with Gasteiger partial charge in [-0.15, -0.1) is 0 Å². The SMILES string of the molecule is CC(=O)N1CCCN(Cc2ccc(C(=O)N3CCCC3)cc2)c2ccccc21. The third-order valence-electron chi connectivity index (χ3n) is 5.67. The van der Waals surface area contributed by atoms with Crippen molar-refractivity contribution in [1.29, 1.82) is 0 Å². The number of amides is 2. The number of fused-ring (bicyclic) bond motifs is 1. The van der Waals surface area contributed by atoms with Crippen LogP contribution in [0.3, 0.4) is 0 Å². The first-order valence-electron chi connectivity index (χ1n) is 10.1. The van der Waals surface area contributed by atoms with Crippen LogP contribution in [-0.2, 0) is 11.3 Å². The van der Waals surface area contributed by atoms with Crippen LogP contribution in [0.4, 0.5) is 11.4 Å². The van der Waals surface area contributed by atoms with Gasteiger partial charge in [-0.3, -0.25) is 9.59 Å². The highest BCUT2D eigenvalue weighted by Gasteiger charge is 2.23. The van der Waals surface area contributed by atoms with Crippen molar-refractivity contribution in [2.24, 2.45) is 0 Å². The summed E-state index contributed by atoms with van der Waals surface area (Å²) in [5.41, 5.74) is 4.01. The minimum Gasteiger partial charge on any atom is -0.365 e. The lowest BCUT2D eigenvalue weighted by molar-refractivity contribution is -0.116. The minimum atomic E-state index is 0.0825. The summed E-state index contributed by atoms with van der Waals surface area (Å²) in [5, 5.41) is 0. The van der Waals surface area contributed by atoms with Gasteiger partial charge in [-0.1, -0.05) is 24.3 Å². The van der Waals surface area contributed by atoms with Crippen molar-refractivity contribution in [3.05, 3.63) is 59.7 Å². The largest absolute Gasteiger partial charge is 0.365 e. The smallest absolute Gasteiger partial charge is 0.253 e. The molecule has 0 saturated carbocycles. The van der Waals surface area contributed by atoms with Gasteiger partial charge < -0.3 is 14.7 Å². The molecule has 1 fully saturated rings. The Hall–Kier alpha value is -2.82. The number of hydrogen-bond donors (Lipinski definition) is 0. The molecule has 0 atom stereocenters. The maximum atomic E-state index is 12.5. The van der Waals surface area contributed by atoms with E-state index in [0.29, 0.717) is 0 Å². The summed E-state index contributed by atoms with van der Waals surface area (Å²) in [5.74, 6) is 0.223. The molecule has 2 aromatic carbocycles. The number of nitrogens with zero attached hydrogens (tertiary/aromatic N) is 3. The van der Waals surface area contributed by atoms with Crippen molar-refractivity contribution >= 4 is 23.2 Å². The van der Waals surface area contributed by atoms with E-state index in [1.165, 1.54) is 5.56 Å².